The van der Waals surface area contributed by atoms with Gasteiger partial charge in [-0.1, -0.05) is 12.1 Å². The van der Waals surface area contributed by atoms with E-state index in [9.17, 15) is 9.59 Å². The molecule has 1 spiro atoms. The lowest BCUT2D eigenvalue weighted by atomic mass is 9.92. The second kappa shape index (κ2) is 7.34. The molecule has 2 heterocycles. The van der Waals surface area contributed by atoms with Crippen LogP contribution in [0.4, 0.5) is 5.69 Å². The number of carbonyl (C=O) groups excluding carboxylic acids is 2. The number of halogens is 1. The normalized spacial score (nSPS) is 24.1. The Kier molecular flexibility index (Phi) is 5.35. The lowest BCUT2D eigenvalue weighted by Gasteiger charge is -2.23. The number of anilines is 1. The van der Waals surface area contributed by atoms with Crippen molar-refractivity contribution in [1.29, 1.82) is 0 Å². The highest BCUT2D eigenvalue weighted by Crippen LogP contribution is 2.58. The van der Waals surface area contributed by atoms with E-state index in [1.54, 1.807) is 0 Å². The maximum atomic E-state index is 12.5. The van der Waals surface area contributed by atoms with E-state index in [0.29, 0.717) is 13.0 Å². The van der Waals surface area contributed by atoms with Crippen molar-refractivity contribution < 1.29 is 9.59 Å². The third-order valence-electron chi connectivity index (χ3n) is 5.87. The summed E-state index contributed by atoms with van der Waals surface area (Å²) in [7, 11) is 0. The smallest absolute Gasteiger partial charge is 0.228 e. The molecule has 2 aliphatic heterocycles. The average molecular weight is 364 g/mol. The Hall–Kier alpha value is -1.59. The van der Waals surface area contributed by atoms with Gasteiger partial charge in [0, 0.05) is 31.1 Å². The maximum Gasteiger partial charge on any atom is 0.228 e. The van der Waals surface area contributed by atoms with E-state index in [1.165, 1.54) is 0 Å². The number of piperidine rings is 1. The molecule has 5 nitrogen and oxygen atoms in total. The molecule has 2 amide bonds. The minimum absolute atomic E-state index is 0. The van der Waals surface area contributed by atoms with E-state index in [0.717, 1.165) is 56.6 Å². The molecule has 1 atom stereocenters. The molecule has 0 bridgehead atoms. The first-order valence-electron chi connectivity index (χ1n) is 9.05. The number of benzene rings is 1. The zero-order chi connectivity index (χ0) is 16.6. The zero-order valence-corrected chi connectivity index (χ0v) is 15.2. The number of likely N-dealkylation sites (tertiary alicyclic amines) is 1. The number of nitrogens with zero attached hydrogens (tertiary/aromatic N) is 1. The van der Waals surface area contributed by atoms with Gasteiger partial charge in [0.25, 0.3) is 0 Å². The SMILES string of the molecule is Cl.O=C(Nc1ccc(CN2CCCC2=O)cc1)C1CC12CCNCC2. The third kappa shape index (κ3) is 3.82. The lowest BCUT2D eigenvalue weighted by Crippen LogP contribution is -2.31. The third-order valence-corrected chi connectivity index (χ3v) is 5.87. The summed E-state index contributed by atoms with van der Waals surface area (Å²) in [4.78, 5) is 26.1. The van der Waals surface area contributed by atoms with Crippen LogP contribution in [0.15, 0.2) is 24.3 Å². The van der Waals surface area contributed by atoms with E-state index in [-0.39, 0.29) is 35.6 Å². The van der Waals surface area contributed by atoms with Gasteiger partial charge >= 0.3 is 0 Å². The summed E-state index contributed by atoms with van der Waals surface area (Å²) >= 11 is 0. The number of hydrogen-bond donors (Lipinski definition) is 2. The Morgan fingerprint density at radius 2 is 1.96 bits per heavy atom. The van der Waals surface area contributed by atoms with Crippen LogP contribution in [0.3, 0.4) is 0 Å². The fraction of sp³-hybridized carbons (Fsp3) is 0.579. The van der Waals surface area contributed by atoms with Gasteiger partial charge in [0.1, 0.15) is 0 Å². The molecule has 25 heavy (non-hydrogen) atoms. The fourth-order valence-corrected chi connectivity index (χ4v) is 4.21. The Morgan fingerprint density at radius 1 is 1.24 bits per heavy atom. The van der Waals surface area contributed by atoms with Crippen molar-refractivity contribution >= 4 is 29.9 Å². The summed E-state index contributed by atoms with van der Waals surface area (Å²) in [6.45, 7) is 3.60. The van der Waals surface area contributed by atoms with Crippen molar-refractivity contribution in [3.63, 3.8) is 0 Å². The average Bonchev–Trinajstić information content (AvgIpc) is 3.13. The highest BCUT2D eigenvalue weighted by atomic mass is 35.5. The predicted octanol–water partition coefficient (Wildman–Crippen LogP) is 2.56. The molecule has 1 saturated carbocycles. The van der Waals surface area contributed by atoms with Crippen LogP contribution in [-0.4, -0.2) is 36.3 Å². The summed E-state index contributed by atoms with van der Waals surface area (Å²) in [5, 5.41) is 6.43. The largest absolute Gasteiger partial charge is 0.338 e. The highest BCUT2D eigenvalue weighted by Gasteiger charge is 2.57. The molecule has 2 N–H and O–H groups in total. The summed E-state index contributed by atoms with van der Waals surface area (Å²) in [6.07, 6.45) is 4.91. The monoisotopic (exact) mass is 363 g/mol. The second-order valence-corrected chi connectivity index (χ2v) is 7.47. The van der Waals surface area contributed by atoms with Crippen LogP contribution in [0.1, 0.15) is 37.7 Å². The van der Waals surface area contributed by atoms with E-state index < -0.39 is 0 Å². The van der Waals surface area contributed by atoms with Crippen LogP contribution >= 0.6 is 12.4 Å². The second-order valence-electron chi connectivity index (χ2n) is 7.47. The maximum absolute atomic E-state index is 12.5. The molecule has 1 aromatic rings. The predicted molar refractivity (Wildman–Crippen MR) is 99.6 cm³/mol. The van der Waals surface area contributed by atoms with Gasteiger partial charge in [0.2, 0.25) is 11.8 Å². The fourth-order valence-electron chi connectivity index (χ4n) is 4.21. The first-order chi connectivity index (χ1) is 11.7. The van der Waals surface area contributed by atoms with Crippen LogP contribution in [0.25, 0.3) is 0 Å². The van der Waals surface area contributed by atoms with Crippen LogP contribution in [0, 0.1) is 11.3 Å². The van der Waals surface area contributed by atoms with E-state index in [2.05, 4.69) is 10.6 Å². The summed E-state index contributed by atoms with van der Waals surface area (Å²) in [6, 6.07) is 7.92. The minimum atomic E-state index is 0. The number of amides is 2. The number of nitrogens with one attached hydrogen (secondary N) is 2. The first kappa shape index (κ1) is 18.2. The Balaban J connectivity index is 0.00000182. The topological polar surface area (TPSA) is 61.4 Å². The standard InChI is InChI=1S/C19H25N3O2.ClH/c23-17-2-1-11-22(17)13-14-3-5-15(6-4-14)21-18(24)16-12-19(16)7-9-20-10-8-19;/h3-6,16,20H,1-2,7-13H2,(H,21,24);1H. The van der Waals surface area contributed by atoms with Crippen LogP contribution in [-0.2, 0) is 16.1 Å². The van der Waals surface area contributed by atoms with Gasteiger partial charge in [0.15, 0.2) is 0 Å². The molecule has 1 unspecified atom stereocenters. The molecular weight excluding hydrogens is 338 g/mol. The van der Waals surface area contributed by atoms with Crippen LogP contribution in [0.5, 0.6) is 0 Å². The van der Waals surface area contributed by atoms with Gasteiger partial charge in [-0.05, 0) is 61.9 Å². The number of carbonyl (C=O) groups is 2. The summed E-state index contributed by atoms with van der Waals surface area (Å²) < 4.78 is 0. The van der Waals surface area contributed by atoms with Crippen molar-refractivity contribution in [2.75, 3.05) is 25.0 Å². The molecule has 1 aliphatic carbocycles. The summed E-state index contributed by atoms with van der Waals surface area (Å²) in [5.41, 5.74) is 2.24. The highest BCUT2D eigenvalue weighted by molar-refractivity contribution is 5.95. The van der Waals surface area contributed by atoms with Gasteiger partial charge in [-0.25, -0.2) is 0 Å². The Morgan fingerprint density at radius 3 is 2.60 bits per heavy atom. The molecule has 0 radical (unpaired) electrons. The Bertz CT molecular complexity index is 641. The molecule has 1 aromatic carbocycles. The molecule has 2 saturated heterocycles. The van der Waals surface area contributed by atoms with Crippen LogP contribution < -0.4 is 10.6 Å². The Labute approximate surface area is 154 Å². The molecular formula is C19H26ClN3O2. The van der Waals surface area contributed by atoms with Gasteiger partial charge in [-0.15, -0.1) is 12.4 Å². The molecule has 4 rings (SSSR count). The molecule has 3 aliphatic rings. The van der Waals surface area contributed by atoms with Crippen molar-refractivity contribution in [2.24, 2.45) is 11.3 Å². The van der Waals surface area contributed by atoms with E-state index in [1.807, 2.05) is 29.2 Å². The van der Waals surface area contributed by atoms with Crippen molar-refractivity contribution in [3.05, 3.63) is 29.8 Å². The zero-order valence-electron chi connectivity index (χ0n) is 14.4. The van der Waals surface area contributed by atoms with Gasteiger partial charge in [0.05, 0.1) is 0 Å². The molecule has 3 fully saturated rings. The van der Waals surface area contributed by atoms with Crippen molar-refractivity contribution in [3.8, 4) is 0 Å². The quantitative estimate of drug-likeness (QED) is 0.864. The van der Waals surface area contributed by atoms with Gasteiger partial charge in [-0.2, -0.15) is 0 Å². The van der Waals surface area contributed by atoms with E-state index >= 15 is 0 Å². The minimum Gasteiger partial charge on any atom is -0.338 e. The van der Waals surface area contributed by atoms with Crippen molar-refractivity contribution in [2.45, 2.75) is 38.6 Å². The van der Waals surface area contributed by atoms with E-state index in [4.69, 9.17) is 0 Å². The van der Waals surface area contributed by atoms with Gasteiger partial charge < -0.3 is 15.5 Å². The summed E-state index contributed by atoms with van der Waals surface area (Å²) in [5.74, 6) is 0.592. The van der Waals surface area contributed by atoms with Gasteiger partial charge in [-0.3, -0.25) is 9.59 Å². The van der Waals surface area contributed by atoms with Crippen molar-refractivity contribution in [1.82, 2.24) is 10.2 Å². The van der Waals surface area contributed by atoms with Crippen LogP contribution in [0.2, 0.25) is 0 Å². The number of hydrogen-bond acceptors (Lipinski definition) is 3. The number of rotatable bonds is 4. The molecule has 0 aromatic heterocycles. The molecule has 136 valence electrons. The lowest BCUT2D eigenvalue weighted by molar-refractivity contribution is -0.128. The molecule has 6 heteroatoms. The first-order valence-corrected chi connectivity index (χ1v) is 9.05.